The number of rotatable bonds is 4. The summed E-state index contributed by atoms with van der Waals surface area (Å²) in [5, 5.41) is 2.78. The molecule has 2 aromatic carbocycles. The van der Waals surface area contributed by atoms with Crippen molar-refractivity contribution in [2.45, 2.75) is 25.7 Å². The summed E-state index contributed by atoms with van der Waals surface area (Å²) in [6, 6.07) is 14.0. The van der Waals surface area contributed by atoms with E-state index < -0.39 is 17.8 Å². The molecule has 0 bridgehead atoms. The predicted molar refractivity (Wildman–Crippen MR) is 86.3 cm³/mol. The van der Waals surface area contributed by atoms with E-state index in [9.17, 15) is 18.0 Å². The van der Waals surface area contributed by atoms with Crippen molar-refractivity contribution in [2.24, 2.45) is 0 Å². The molecule has 128 valence electrons. The monoisotopic (exact) mass is 336 g/mol. The number of carbonyl (C=O) groups is 1. The van der Waals surface area contributed by atoms with Crippen LogP contribution in [0.3, 0.4) is 0 Å². The number of halogens is 3. The van der Waals surface area contributed by atoms with E-state index in [1.54, 1.807) is 0 Å². The first kappa shape index (κ1) is 17.8. The van der Waals surface area contributed by atoms with Gasteiger partial charge >= 0.3 is 12.2 Å². The Bertz CT molecular complexity index is 686. The number of hydrogen-bond acceptors (Lipinski definition) is 1. The second-order valence-electron chi connectivity index (χ2n) is 5.59. The summed E-state index contributed by atoms with van der Waals surface area (Å²) in [5.74, 6) is 0. The fourth-order valence-electron chi connectivity index (χ4n) is 2.38. The average Bonchev–Trinajstić information content (AvgIpc) is 2.55. The maximum Gasteiger partial charge on any atom is 0.416 e. The van der Waals surface area contributed by atoms with Crippen molar-refractivity contribution in [3.8, 4) is 0 Å². The van der Waals surface area contributed by atoms with Gasteiger partial charge in [0.1, 0.15) is 0 Å². The predicted octanol–water partition coefficient (Wildman–Crippen LogP) is 4.61. The molecule has 0 spiro atoms. The average molecular weight is 336 g/mol. The van der Waals surface area contributed by atoms with Gasteiger partial charge in [0.05, 0.1) is 11.6 Å². The van der Waals surface area contributed by atoms with Gasteiger partial charge in [0.2, 0.25) is 0 Å². The zero-order valence-corrected chi connectivity index (χ0v) is 13.5. The summed E-state index contributed by atoms with van der Waals surface area (Å²) < 4.78 is 39.0. The van der Waals surface area contributed by atoms with E-state index in [-0.39, 0.29) is 18.2 Å². The normalized spacial score (nSPS) is 12.5. The first-order chi connectivity index (χ1) is 11.3. The fraction of sp³-hybridized carbons (Fsp3) is 0.278. The Morgan fingerprint density at radius 3 is 2.29 bits per heavy atom. The minimum atomic E-state index is -4.44. The van der Waals surface area contributed by atoms with E-state index in [4.69, 9.17) is 0 Å². The van der Waals surface area contributed by atoms with Crippen LogP contribution in [0.5, 0.6) is 0 Å². The van der Waals surface area contributed by atoms with Gasteiger partial charge < -0.3 is 10.2 Å². The lowest BCUT2D eigenvalue weighted by Crippen LogP contribution is -2.38. The molecule has 2 rings (SSSR count). The molecule has 0 radical (unpaired) electrons. The van der Waals surface area contributed by atoms with E-state index in [1.807, 2.05) is 37.3 Å². The highest BCUT2D eigenvalue weighted by Gasteiger charge is 2.33. The Hall–Kier alpha value is -2.50. The number of nitrogens with zero attached hydrogens (tertiary/aromatic N) is 1. The molecule has 0 saturated carbocycles. The highest BCUT2D eigenvalue weighted by molar-refractivity contribution is 5.74. The van der Waals surface area contributed by atoms with Gasteiger partial charge in [0.25, 0.3) is 0 Å². The van der Waals surface area contributed by atoms with Crippen LogP contribution in [0, 0.1) is 0 Å². The summed E-state index contributed by atoms with van der Waals surface area (Å²) in [6.07, 6.45) is -4.44. The Morgan fingerprint density at radius 2 is 1.67 bits per heavy atom. The third-order valence-corrected chi connectivity index (χ3v) is 3.72. The quantitative estimate of drug-likeness (QED) is 0.869. The van der Waals surface area contributed by atoms with Crippen LogP contribution in [0.25, 0.3) is 0 Å². The maximum atomic E-state index is 13.0. The van der Waals surface area contributed by atoms with Crippen LogP contribution in [-0.4, -0.2) is 18.0 Å². The molecule has 0 heterocycles. The van der Waals surface area contributed by atoms with Crippen LogP contribution in [0.15, 0.2) is 54.6 Å². The minimum absolute atomic E-state index is 0.0648. The molecule has 0 aliphatic heterocycles. The van der Waals surface area contributed by atoms with Crippen molar-refractivity contribution in [1.29, 1.82) is 0 Å². The van der Waals surface area contributed by atoms with Gasteiger partial charge in [-0.3, -0.25) is 0 Å². The van der Waals surface area contributed by atoms with Crippen molar-refractivity contribution < 1.29 is 18.0 Å². The molecular formula is C18H19F3N2O. The fourth-order valence-corrected chi connectivity index (χ4v) is 2.38. The van der Waals surface area contributed by atoms with Crippen LogP contribution in [-0.2, 0) is 12.7 Å². The Labute approximate surface area is 139 Å². The lowest BCUT2D eigenvalue weighted by atomic mass is 10.1. The van der Waals surface area contributed by atoms with Gasteiger partial charge in [-0.05, 0) is 24.1 Å². The number of nitrogens with one attached hydrogen (secondary N) is 1. The number of carbonyl (C=O) groups excluding carboxylic acids is 1. The van der Waals surface area contributed by atoms with Crippen LogP contribution in [0.4, 0.5) is 18.0 Å². The SMILES string of the molecule is C[C@H](NC(=O)N(C)Cc1ccccc1C(F)(F)F)c1ccccc1. The second-order valence-corrected chi connectivity index (χ2v) is 5.59. The van der Waals surface area contributed by atoms with Crippen molar-refractivity contribution in [3.05, 3.63) is 71.3 Å². The summed E-state index contributed by atoms with van der Waals surface area (Å²) in [6.45, 7) is 1.70. The number of hydrogen-bond donors (Lipinski definition) is 1. The molecule has 3 nitrogen and oxygen atoms in total. The summed E-state index contributed by atoms with van der Waals surface area (Å²) in [7, 11) is 1.47. The molecule has 1 atom stereocenters. The topological polar surface area (TPSA) is 32.3 Å². The zero-order chi connectivity index (χ0) is 17.7. The number of amides is 2. The number of benzene rings is 2. The van der Waals surface area contributed by atoms with Gasteiger partial charge in [-0.15, -0.1) is 0 Å². The summed E-state index contributed by atoms with van der Waals surface area (Å²) in [5.41, 5.74) is 0.269. The zero-order valence-electron chi connectivity index (χ0n) is 13.5. The molecule has 2 amide bonds. The molecule has 0 unspecified atom stereocenters. The van der Waals surface area contributed by atoms with E-state index >= 15 is 0 Å². The third-order valence-electron chi connectivity index (χ3n) is 3.72. The standard InChI is InChI=1S/C18H19F3N2O/c1-13(14-8-4-3-5-9-14)22-17(24)23(2)12-15-10-6-7-11-16(15)18(19,20)21/h3-11,13H,12H2,1-2H3,(H,22,24)/t13-/m0/s1. The third kappa shape index (κ3) is 4.50. The number of alkyl halides is 3. The summed E-state index contributed by atoms with van der Waals surface area (Å²) in [4.78, 5) is 13.5. The van der Waals surface area contributed by atoms with E-state index in [0.717, 1.165) is 11.6 Å². The molecule has 0 fully saturated rings. The lowest BCUT2D eigenvalue weighted by Gasteiger charge is -2.23. The molecule has 0 aliphatic rings. The van der Waals surface area contributed by atoms with Crippen LogP contribution in [0.1, 0.15) is 29.7 Å². The molecule has 0 saturated heterocycles. The molecule has 24 heavy (non-hydrogen) atoms. The van der Waals surface area contributed by atoms with Gasteiger partial charge in [0, 0.05) is 13.6 Å². The largest absolute Gasteiger partial charge is 0.416 e. The molecule has 2 aromatic rings. The Morgan fingerprint density at radius 1 is 1.08 bits per heavy atom. The maximum absolute atomic E-state index is 13.0. The molecule has 0 aromatic heterocycles. The first-order valence-electron chi connectivity index (χ1n) is 7.50. The van der Waals surface area contributed by atoms with Crippen molar-refractivity contribution >= 4 is 6.03 Å². The Kier molecular flexibility index (Phi) is 5.49. The molecule has 1 N–H and O–H groups in total. The molecule has 0 aliphatic carbocycles. The minimum Gasteiger partial charge on any atom is -0.331 e. The van der Waals surface area contributed by atoms with Crippen molar-refractivity contribution in [2.75, 3.05) is 7.05 Å². The van der Waals surface area contributed by atoms with Crippen molar-refractivity contribution in [3.63, 3.8) is 0 Å². The van der Waals surface area contributed by atoms with Crippen LogP contribution >= 0.6 is 0 Å². The smallest absolute Gasteiger partial charge is 0.331 e. The Balaban J connectivity index is 2.05. The van der Waals surface area contributed by atoms with Gasteiger partial charge in [-0.25, -0.2) is 4.79 Å². The molecular weight excluding hydrogens is 317 g/mol. The highest BCUT2D eigenvalue weighted by Crippen LogP contribution is 2.32. The van der Waals surface area contributed by atoms with Crippen LogP contribution < -0.4 is 5.32 Å². The lowest BCUT2D eigenvalue weighted by molar-refractivity contribution is -0.138. The summed E-state index contributed by atoms with van der Waals surface area (Å²) >= 11 is 0. The van der Waals surface area contributed by atoms with E-state index in [0.29, 0.717) is 0 Å². The van der Waals surface area contributed by atoms with Crippen molar-refractivity contribution in [1.82, 2.24) is 10.2 Å². The first-order valence-corrected chi connectivity index (χ1v) is 7.50. The highest BCUT2D eigenvalue weighted by atomic mass is 19.4. The van der Waals surface area contributed by atoms with Gasteiger partial charge in [-0.2, -0.15) is 13.2 Å². The number of urea groups is 1. The van der Waals surface area contributed by atoms with Gasteiger partial charge in [-0.1, -0.05) is 48.5 Å². The van der Waals surface area contributed by atoms with E-state index in [1.165, 1.54) is 30.1 Å². The second kappa shape index (κ2) is 7.38. The van der Waals surface area contributed by atoms with E-state index in [2.05, 4.69) is 5.32 Å². The van der Waals surface area contributed by atoms with Gasteiger partial charge in [0.15, 0.2) is 0 Å². The van der Waals surface area contributed by atoms with Crippen LogP contribution in [0.2, 0.25) is 0 Å². The molecule has 6 heteroatoms.